The fourth-order valence-electron chi connectivity index (χ4n) is 2.66. The molecule has 5 heteroatoms. The van der Waals surface area contributed by atoms with Crippen LogP contribution in [0.3, 0.4) is 0 Å². The summed E-state index contributed by atoms with van der Waals surface area (Å²) in [4.78, 5) is 26.4. The summed E-state index contributed by atoms with van der Waals surface area (Å²) in [5.74, 6) is 2.72. The van der Waals surface area contributed by atoms with Gasteiger partial charge in [0.1, 0.15) is 12.3 Å². The SMILES string of the molecule is C#Cc1cccc(N(CC(=O)NC)C(=O)c2ccc(OCCCCC)cc2)c1. The second-order valence-corrected chi connectivity index (χ2v) is 6.34. The summed E-state index contributed by atoms with van der Waals surface area (Å²) in [5.41, 5.74) is 1.68. The van der Waals surface area contributed by atoms with Crippen molar-refractivity contribution in [1.29, 1.82) is 0 Å². The van der Waals surface area contributed by atoms with Gasteiger partial charge in [0.05, 0.1) is 6.61 Å². The first kappa shape index (κ1) is 21.0. The van der Waals surface area contributed by atoms with Crippen molar-refractivity contribution in [2.75, 3.05) is 25.1 Å². The van der Waals surface area contributed by atoms with Crippen LogP contribution in [-0.2, 0) is 4.79 Å². The summed E-state index contributed by atoms with van der Waals surface area (Å²) in [7, 11) is 1.54. The van der Waals surface area contributed by atoms with Crippen LogP contribution in [0, 0.1) is 12.3 Å². The molecule has 2 aromatic rings. The Morgan fingerprint density at radius 1 is 1.14 bits per heavy atom. The van der Waals surface area contributed by atoms with Crippen LogP contribution < -0.4 is 15.0 Å². The molecule has 0 saturated carbocycles. The van der Waals surface area contributed by atoms with Crippen molar-refractivity contribution >= 4 is 17.5 Å². The van der Waals surface area contributed by atoms with Crippen LogP contribution in [0.4, 0.5) is 5.69 Å². The monoisotopic (exact) mass is 378 g/mol. The molecule has 0 unspecified atom stereocenters. The number of benzene rings is 2. The molecule has 0 aliphatic rings. The number of anilines is 1. The van der Waals surface area contributed by atoms with E-state index in [1.54, 1.807) is 48.5 Å². The van der Waals surface area contributed by atoms with Crippen molar-refractivity contribution in [3.63, 3.8) is 0 Å². The summed E-state index contributed by atoms with van der Waals surface area (Å²) in [6.07, 6.45) is 8.73. The quantitative estimate of drug-likeness (QED) is 0.535. The molecule has 5 nitrogen and oxygen atoms in total. The zero-order valence-electron chi connectivity index (χ0n) is 16.4. The highest BCUT2D eigenvalue weighted by molar-refractivity contribution is 6.08. The van der Waals surface area contributed by atoms with Gasteiger partial charge in [0.15, 0.2) is 0 Å². The van der Waals surface area contributed by atoms with E-state index in [1.165, 1.54) is 11.9 Å². The van der Waals surface area contributed by atoms with Gasteiger partial charge in [0, 0.05) is 23.9 Å². The zero-order chi connectivity index (χ0) is 20.4. The van der Waals surface area contributed by atoms with E-state index < -0.39 is 0 Å². The lowest BCUT2D eigenvalue weighted by atomic mass is 10.1. The van der Waals surface area contributed by atoms with E-state index in [4.69, 9.17) is 11.2 Å². The number of carbonyl (C=O) groups excluding carboxylic acids is 2. The molecule has 0 aromatic heterocycles. The molecule has 28 heavy (non-hydrogen) atoms. The van der Waals surface area contributed by atoms with Gasteiger partial charge in [-0.3, -0.25) is 14.5 Å². The topological polar surface area (TPSA) is 58.6 Å². The molecule has 146 valence electrons. The highest BCUT2D eigenvalue weighted by atomic mass is 16.5. The first-order valence-corrected chi connectivity index (χ1v) is 9.41. The molecule has 0 saturated heterocycles. The van der Waals surface area contributed by atoms with Crippen molar-refractivity contribution in [2.45, 2.75) is 26.2 Å². The lowest BCUT2D eigenvalue weighted by Crippen LogP contribution is -2.39. The summed E-state index contributed by atoms with van der Waals surface area (Å²) in [5, 5.41) is 2.55. The van der Waals surface area contributed by atoms with Crippen molar-refractivity contribution < 1.29 is 14.3 Å². The van der Waals surface area contributed by atoms with Crippen LogP contribution in [0.15, 0.2) is 48.5 Å². The standard InChI is InChI=1S/C23H26N2O3/c1-4-6-7-15-28-21-13-11-19(12-14-21)23(27)25(17-22(26)24-3)20-10-8-9-18(5-2)16-20/h2,8-14,16H,4,6-7,15,17H2,1,3H3,(H,24,26). The fraction of sp³-hybridized carbons (Fsp3) is 0.304. The Kier molecular flexibility index (Phi) is 8.11. The van der Waals surface area contributed by atoms with E-state index >= 15 is 0 Å². The summed E-state index contributed by atoms with van der Waals surface area (Å²) in [6, 6.07) is 14.0. The molecule has 0 heterocycles. The minimum Gasteiger partial charge on any atom is -0.494 e. The Labute approximate surface area is 166 Å². The van der Waals surface area contributed by atoms with Gasteiger partial charge in [-0.1, -0.05) is 31.8 Å². The Balaban J connectivity index is 2.19. The fourth-order valence-corrected chi connectivity index (χ4v) is 2.66. The van der Waals surface area contributed by atoms with Crippen LogP contribution in [0.5, 0.6) is 5.75 Å². The van der Waals surface area contributed by atoms with Gasteiger partial charge in [-0.25, -0.2) is 0 Å². The predicted octanol–water partition coefficient (Wildman–Crippen LogP) is 3.63. The third kappa shape index (κ3) is 5.88. The number of carbonyl (C=O) groups is 2. The minimum absolute atomic E-state index is 0.0986. The number of nitrogens with zero attached hydrogens (tertiary/aromatic N) is 1. The second-order valence-electron chi connectivity index (χ2n) is 6.34. The van der Waals surface area contributed by atoms with E-state index in [0.29, 0.717) is 23.4 Å². The predicted molar refractivity (Wildman–Crippen MR) is 112 cm³/mol. The van der Waals surface area contributed by atoms with Gasteiger partial charge in [-0.15, -0.1) is 6.42 Å². The van der Waals surface area contributed by atoms with Crippen LogP contribution >= 0.6 is 0 Å². The number of hydrogen-bond donors (Lipinski definition) is 1. The van der Waals surface area contributed by atoms with Gasteiger partial charge < -0.3 is 10.1 Å². The van der Waals surface area contributed by atoms with Gasteiger partial charge in [0.25, 0.3) is 5.91 Å². The van der Waals surface area contributed by atoms with E-state index in [-0.39, 0.29) is 18.4 Å². The average Bonchev–Trinajstić information content (AvgIpc) is 2.74. The maximum atomic E-state index is 13.1. The molecule has 1 N–H and O–H groups in total. The number of rotatable bonds is 9. The minimum atomic E-state index is -0.282. The summed E-state index contributed by atoms with van der Waals surface area (Å²) < 4.78 is 5.69. The Bertz CT molecular complexity index is 838. The molecule has 2 amide bonds. The third-order valence-electron chi connectivity index (χ3n) is 4.27. The highest BCUT2D eigenvalue weighted by Gasteiger charge is 2.20. The molecule has 0 atom stereocenters. The van der Waals surface area contributed by atoms with E-state index in [0.717, 1.165) is 25.0 Å². The van der Waals surface area contributed by atoms with Crippen LogP contribution in [-0.4, -0.2) is 32.0 Å². The first-order valence-electron chi connectivity index (χ1n) is 9.41. The number of nitrogens with one attached hydrogen (secondary N) is 1. The second kappa shape index (κ2) is 10.8. The van der Waals surface area contributed by atoms with Crippen molar-refractivity contribution in [2.24, 2.45) is 0 Å². The van der Waals surface area contributed by atoms with Crippen molar-refractivity contribution in [3.8, 4) is 18.1 Å². The third-order valence-corrected chi connectivity index (χ3v) is 4.27. The normalized spacial score (nSPS) is 10.0. The number of likely N-dealkylation sites (N-methyl/N-ethyl adjacent to an activating group) is 1. The molecule has 2 rings (SSSR count). The average molecular weight is 378 g/mol. The van der Waals surface area contributed by atoms with E-state index in [9.17, 15) is 9.59 Å². The molecule has 2 aromatic carbocycles. The lowest BCUT2D eigenvalue weighted by Gasteiger charge is -2.22. The van der Waals surface area contributed by atoms with Crippen molar-refractivity contribution in [1.82, 2.24) is 5.32 Å². The van der Waals surface area contributed by atoms with Gasteiger partial charge in [-0.2, -0.15) is 0 Å². The van der Waals surface area contributed by atoms with Crippen LogP contribution in [0.25, 0.3) is 0 Å². The maximum Gasteiger partial charge on any atom is 0.258 e. The largest absolute Gasteiger partial charge is 0.494 e. The van der Waals surface area contributed by atoms with Crippen molar-refractivity contribution in [3.05, 3.63) is 59.7 Å². The Morgan fingerprint density at radius 3 is 2.54 bits per heavy atom. The summed E-state index contributed by atoms with van der Waals surface area (Å²) in [6.45, 7) is 2.70. The molecule has 0 radical (unpaired) electrons. The molecule has 0 aliphatic carbocycles. The molecule has 0 bridgehead atoms. The van der Waals surface area contributed by atoms with Crippen LogP contribution in [0.1, 0.15) is 42.1 Å². The molecule has 0 fully saturated rings. The van der Waals surface area contributed by atoms with Gasteiger partial charge in [-0.05, 0) is 48.9 Å². The number of unbranched alkanes of at least 4 members (excludes halogenated alkanes) is 2. The first-order chi connectivity index (χ1) is 13.6. The lowest BCUT2D eigenvalue weighted by molar-refractivity contribution is -0.119. The number of amides is 2. The van der Waals surface area contributed by atoms with Gasteiger partial charge >= 0.3 is 0 Å². The maximum absolute atomic E-state index is 13.1. The van der Waals surface area contributed by atoms with Crippen LogP contribution in [0.2, 0.25) is 0 Å². The number of terminal acetylenes is 1. The molecule has 0 aliphatic heterocycles. The Morgan fingerprint density at radius 2 is 1.89 bits per heavy atom. The highest BCUT2D eigenvalue weighted by Crippen LogP contribution is 2.20. The molecular formula is C23H26N2O3. The smallest absolute Gasteiger partial charge is 0.258 e. The number of ether oxygens (including phenoxy) is 1. The summed E-state index contributed by atoms with van der Waals surface area (Å²) >= 11 is 0. The molecule has 0 spiro atoms. The molecular weight excluding hydrogens is 352 g/mol. The number of hydrogen-bond acceptors (Lipinski definition) is 3. The zero-order valence-corrected chi connectivity index (χ0v) is 16.4. The van der Waals surface area contributed by atoms with E-state index in [2.05, 4.69) is 18.2 Å². The van der Waals surface area contributed by atoms with Gasteiger partial charge in [0.2, 0.25) is 5.91 Å². The van der Waals surface area contributed by atoms with E-state index in [1.807, 2.05) is 0 Å². The Hall–Kier alpha value is -3.26.